The Kier molecular flexibility index (Phi) is 7.03. The van der Waals surface area contributed by atoms with Crippen molar-refractivity contribution in [3.63, 3.8) is 0 Å². The fourth-order valence-corrected chi connectivity index (χ4v) is 4.22. The fourth-order valence-electron chi connectivity index (χ4n) is 3.41. The number of para-hydroxylation sites is 2. The summed E-state index contributed by atoms with van der Waals surface area (Å²) in [4.78, 5) is 27.7. The number of nitro benzene ring substituents is 1. The molecule has 8 nitrogen and oxygen atoms in total. The molecule has 0 saturated heterocycles. The van der Waals surface area contributed by atoms with Crippen LogP contribution in [0.4, 0.5) is 5.69 Å². The molecule has 0 aliphatic heterocycles. The minimum atomic E-state index is -0.464. The lowest BCUT2D eigenvalue weighted by molar-refractivity contribution is -0.384. The van der Waals surface area contributed by atoms with Crippen LogP contribution >= 0.6 is 11.8 Å². The first-order valence-corrected chi connectivity index (χ1v) is 11.6. The SMILES string of the molecule is CC(=NNC(=O)CSc1nc2ccccc2n1Cc1ccc(C)cc1)c1cccc([N+](=O)[O-])c1. The van der Waals surface area contributed by atoms with Crippen LogP contribution in [0.15, 0.2) is 83.1 Å². The Morgan fingerprint density at radius 3 is 2.65 bits per heavy atom. The number of nitrogens with zero attached hydrogens (tertiary/aromatic N) is 4. The number of carbonyl (C=O) groups excluding carboxylic acids is 1. The molecule has 4 aromatic rings. The van der Waals surface area contributed by atoms with E-state index in [2.05, 4.69) is 46.3 Å². The monoisotopic (exact) mass is 473 g/mol. The summed E-state index contributed by atoms with van der Waals surface area (Å²) in [6, 6.07) is 22.4. The van der Waals surface area contributed by atoms with Crippen molar-refractivity contribution in [2.45, 2.75) is 25.5 Å². The van der Waals surface area contributed by atoms with Gasteiger partial charge in [-0.05, 0) is 31.5 Å². The Labute approximate surface area is 200 Å². The van der Waals surface area contributed by atoms with Gasteiger partial charge in [0.1, 0.15) is 0 Å². The van der Waals surface area contributed by atoms with Crippen molar-refractivity contribution < 1.29 is 9.72 Å². The van der Waals surface area contributed by atoms with Crippen LogP contribution in [0.25, 0.3) is 11.0 Å². The Morgan fingerprint density at radius 2 is 1.88 bits per heavy atom. The van der Waals surface area contributed by atoms with Crippen LogP contribution < -0.4 is 5.43 Å². The molecular formula is C25H23N5O3S. The smallest absolute Gasteiger partial charge is 0.270 e. The van der Waals surface area contributed by atoms with Gasteiger partial charge in [-0.2, -0.15) is 5.10 Å². The summed E-state index contributed by atoms with van der Waals surface area (Å²) in [6.45, 7) is 4.39. The largest absolute Gasteiger partial charge is 0.314 e. The lowest BCUT2D eigenvalue weighted by Gasteiger charge is -2.09. The molecule has 0 atom stereocenters. The number of hydrogen-bond donors (Lipinski definition) is 1. The zero-order valence-corrected chi connectivity index (χ0v) is 19.6. The van der Waals surface area contributed by atoms with Crippen LogP contribution in [-0.2, 0) is 11.3 Å². The van der Waals surface area contributed by atoms with E-state index in [1.165, 1.54) is 29.5 Å². The molecule has 0 radical (unpaired) electrons. The van der Waals surface area contributed by atoms with Gasteiger partial charge in [-0.1, -0.05) is 65.9 Å². The lowest BCUT2D eigenvalue weighted by atomic mass is 10.1. The van der Waals surface area contributed by atoms with Crippen molar-refractivity contribution in [3.8, 4) is 0 Å². The van der Waals surface area contributed by atoms with E-state index in [0.29, 0.717) is 17.8 Å². The van der Waals surface area contributed by atoms with Gasteiger partial charge in [0, 0.05) is 17.7 Å². The van der Waals surface area contributed by atoms with Crippen molar-refractivity contribution in [1.82, 2.24) is 15.0 Å². The Bertz CT molecular complexity index is 1380. The van der Waals surface area contributed by atoms with Crippen molar-refractivity contribution in [2.75, 3.05) is 5.75 Å². The van der Waals surface area contributed by atoms with Crippen molar-refractivity contribution >= 4 is 40.1 Å². The second-order valence-corrected chi connectivity index (χ2v) is 8.73. The first-order chi connectivity index (χ1) is 16.4. The number of aryl methyl sites for hydroxylation is 1. The van der Waals surface area contributed by atoms with Gasteiger partial charge in [0.2, 0.25) is 0 Å². The molecule has 1 heterocycles. The number of fused-ring (bicyclic) bond motifs is 1. The minimum Gasteiger partial charge on any atom is -0.314 e. The third kappa shape index (κ3) is 5.49. The summed E-state index contributed by atoms with van der Waals surface area (Å²) >= 11 is 1.34. The molecule has 0 unspecified atom stereocenters. The van der Waals surface area contributed by atoms with Gasteiger partial charge in [-0.15, -0.1) is 0 Å². The van der Waals surface area contributed by atoms with Crippen LogP contribution in [0, 0.1) is 17.0 Å². The van der Waals surface area contributed by atoms with Gasteiger partial charge in [0.05, 0.1) is 34.0 Å². The standard InChI is InChI=1S/C25H23N5O3S/c1-17-10-12-19(13-11-17)15-29-23-9-4-3-8-22(23)26-25(29)34-16-24(31)28-27-18(2)20-6-5-7-21(14-20)30(32)33/h3-14H,15-16H2,1-2H3,(H,28,31). The maximum atomic E-state index is 12.5. The van der Waals surface area contributed by atoms with Gasteiger partial charge in [-0.3, -0.25) is 14.9 Å². The van der Waals surface area contributed by atoms with E-state index >= 15 is 0 Å². The number of non-ortho nitro benzene ring substituents is 1. The van der Waals surface area contributed by atoms with Crippen molar-refractivity contribution in [3.05, 3.63) is 99.6 Å². The third-order valence-corrected chi connectivity index (χ3v) is 6.21. The van der Waals surface area contributed by atoms with Crippen molar-refractivity contribution in [1.29, 1.82) is 0 Å². The average Bonchev–Trinajstić information content (AvgIpc) is 3.20. The molecule has 34 heavy (non-hydrogen) atoms. The number of hydrogen-bond acceptors (Lipinski definition) is 6. The van der Waals surface area contributed by atoms with E-state index in [0.717, 1.165) is 21.8 Å². The minimum absolute atomic E-state index is 0.0265. The summed E-state index contributed by atoms with van der Waals surface area (Å²) in [7, 11) is 0. The highest BCUT2D eigenvalue weighted by Crippen LogP contribution is 2.25. The quantitative estimate of drug-likeness (QED) is 0.169. The van der Waals surface area contributed by atoms with E-state index < -0.39 is 4.92 Å². The zero-order valence-electron chi connectivity index (χ0n) is 18.8. The highest BCUT2D eigenvalue weighted by atomic mass is 32.2. The number of rotatable bonds is 8. The highest BCUT2D eigenvalue weighted by Gasteiger charge is 2.14. The summed E-state index contributed by atoms with van der Waals surface area (Å²) in [5.41, 5.74) is 7.78. The normalized spacial score (nSPS) is 11.5. The third-order valence-electron chi connectivity index (χ3n) is 5.24. The number of carbonyl (C=O) groups is 1. The molecule has 4 rings (SSSR count). The maximum absolute atomic E-state index is 12.5. The van der Waals surface area contributed by atoms with E-state index in [9.17, 15) is 14.9 Å². The molecule has 172 valence electrons. The number of benzene rings is 3. The predicted molar refractivity (Wildman–Crippen MR) is 134 cm³/mol. The molecule has 1 aromatic heterocycles. The van der Waals surface area contributed by atoms with E-state index in [1.54, 1.807) is 19.1 Å². The molecular weight excluding hydrogens is 450 g/mol. The number of aromatic nitrogens is 2. The van der Waals surface area contributed by atoms with Crippen LogP contribution in [0.5, 0.6) is 0 Å². The van der Waals surface area contributed by atoms with Crippen LogP contribution in [-0.4, -0.2) is 31.8 Å². The molecule has 0 bridgehead atoms. The molecule has 0 aliphatic rings. The first kappa shape index (κ1) is 23.2. The van der Waals surface area contributed by atoms with Gasteiger partial charge in [0.15, 0.2) is 5.16 Å². The summed E-state index contributed by atoms with van der Waals surface area (Å²) < 4.78 is 2.11. The molecule has 9 heteroatoms. The van der Waals surface area contributed by atoms with E-state index in [1.807, 2.05) is 24.3 Å². The number of nitro groups is 1. The number of hydrazone groups is 1. The van der Waals surface area contributed by atoms with Gasteiger partial charge in [0.25, 0.3) is 11.6 Å². The fraction of sp³-hybridized carbons (Fsp3) is 0.160. The van der Waals surface area contributed by atoms with Crippen molar-refractivity contribution in [2.24, 2.45) is 5.10 Å². The number of imidazole rings is 1. The molecule has 0 spiro atoms. The number of thioether (sulfide) groups is 1. The second-order valence-electron chi connectivity index (χ2n) is 7.78. The summed E-state index contributed by atoms with van der Waals surface area (Å²) in [5, 5.41) is 15.8. The zero-order chi connectivity index (χ0) is 24.1. The van der Waals surface area contributed by atoms with Gasteiger partial charge in [-0.25, -0.2) is 10.4 Å². The molecule has 0 aliphatic carbocycles. The number of amides is 1. The topological polar surface area (TPSA) is 102 Å². The van der Waals surface area contributed by atoms with Gasteiger partial charge >= 0.3 is 0 Å². The Balaban J connectivity index is 1.46. The predicted octanol–water partition coefficient (Wildman–Crippen LogP) is 4.93. The van der Waals surface area contributed by atoms with Crippen LogP contribution in [0.2, 0.25) is 0 Å². The Morgan fingerprint density at radius 1 is 1.12 bits per heavy atom. The van der Waals surface area contributed by atoms with Crippen LogP contribution in [0.3, 0.4) is 0 Å². The molecule has 1 N–H and O–H groups in total. The Hall–Kier alpha value is -3.98. The second kappa shape index (κ2) is 10.3. The summed E-state index contributed by atoms with van der Waals surface area (Å²) in [5.74, 6) is -0.160. The molecule has 0 fully saturated rings. The van der Waals surface area contributed by atoms with E-state index in [4.69, 9.17) is 4.98 Å². The average molecular weight is 474 g/mol. The number of nitrogens with one attached hydrogen (secondary N) is 1. The van der Waals surface area contributed by atoms with Gasteiger partial charge < -0.3 is 4.57 Å². The first-order valence-electron chi connectivity index (χ1n) is 10.6. The summed E-state index contributed by atoms with van der Waals surface area (Å²) in [6.07, 6.45) is 0. The van der Waals surface area contributed by atoms with E-state index in [-0.39, 0.29) is 17.3 Å². The molecule has 1 amide bonds. The molecule has 3 aromatic carbocycles. The van der Waals surface area contributed by atoms with Crippen LogP contribution in [0.1, 0.15) is 23.6 Å². The maximum Gasteiger partial charge on any atom is 0.270 e. The molecule has 0 saturated carbocycles. The lowest BCUT2D eigenvalue weighted by Crippen LogP contribution is -2.21. The highest BCUT2D eigenvalue weighted by molar-refractivity contribution is 7.99.